The van der Waals surface area contributed by atoms with Gasteiger partial charge in [0.15, 0.2) is 0 Å². The molecule has 0 aliphatic carbocycles. The first-order valence-electron chi connectivity index (χ1n) is 11.9. The Morgan fingerprint density at radius 1 is 1.18 bits per heavy atom. The second-order valence-corrected chi connectivity index (χ2v) is 9.32. The first-order valence-corrected chi connectivity index (χ1v) is 12.3. The van der Waals surface area contributed by atoms with Gasteiger partial charge in [0.1, 0.15) is 11.2 Å². The average molecular weight is 579 g/mol. The van der Waals surface area contributed by atoms with Crippen molar-refractivity contribution in [1.82, 2.24) is 15.3 Å². The Morgan fingerprint density at radius 3 is 2.65 bits per heavy atom. The largest absolute Gasteiger partial charge is 0.418 e. The molecule has 0 spiro atoms. The predicted octanol–water partition coefficient (Wildman–Crippen LogP) is 5.01. The van der Waals surface area contributed by atoms with Crippen molar-refractivity contribution in [2.75, 3.05) is 30.9 Å². The number of hydrogen-bond donors (Lipinski definition) is 3. The molecule has 1 aliphatic heterocycles. The molecule has 4 rings (SSSR count). The number of ether oxygens (including phenoxy) is 1. The Labute approximate surface area is 231 Å². The molecule has 40 heavy (non-hydrogen) atoms. The number of anilines is 3. The molecule has 1 aromatic carbocycles. The molecule has 1 fully saturated rings. The second kappa shape index (κ2) is 12.0. The number of aromatic nitrogens is 2. The Morgan fingerprint density at radius 2 is 1.98 bits per heavy atom. The number of aliphatic imine (C=N–C) groups is 1. The monoisotopic (exact) mass is 578 g/mol. The molecule has 0 saturated carbocycles. The van der Waals surface area contributed by atoms with Crippen LogP contribution in [0.2, 0.25) is 5.02 Å². The lowest BCUT2D eigenvalue weighted by Gasteiger charge is -2.21. The Kier molecular flexibility index (Phi) is 8.64. The molecular weight excluding hydrogens is 556 g/mol. The van der Waals surface area contributed by atoms with Crippen LogP contribution in [0.4, 0.5) is 34.6 Å². The summed E-state index contributed by atoms with van der Waals surface area (Å²) in [6.45, 7) is -0.106. The molecule has 1 atom stereocenters. The Bertz CT molecular complexity index is 1440. The maximum Gasteiger partial charge on any atom is 0.418 e. The first-order chi connectivity index (χ1) is 19.0. The fourth-order valence-electron chi connectivity index (χ4n) is 3.89. The number of amides is 2. The fourth-order valence-corrected chi connectivity index (χ4v) is 4.06. The molecule has 3 N–H and O–H groups in total. The first kappa shape index (κ1) is 28.9. The van der Waals surface area contributed by atoms with Gasteiger partial charge in [0.2, 0.25) is 5.91 Å². The van der Waals surface area contributed by atoms with Crippen LogP contribution in [0.1, 0.15) is 28.0 Å². The maximum absolute atomic E-state index is 14.8. The summed E-state index contributed by atoms with van der Waals surface area (Å²) in [5.41, 5.74) is -1.96. The van der Waals surface area contributed by atoms with E-state index in [0.717, 1.165) is 24.4 Å². The minimum atomic E-state index is -4.69. The number of pyridine rings is 2. The van der Waals surface area contributed by atoms with Crippen molar-refractivity contribution < 1.29 is 31.9 Å². The summed E-state index contributed by atoms with van der Waals surface area (Å²) in [7, 11) is 1.68. The van der Waals surface area contributed by atoms with Gasteiger partial charge in [0.05, 0.1) is 53.2 Å². The van der Waals surface area contributed by atoms with Gasteiger partial charge in [-0.2, -0.15) is 13.2 Å². The van der Waals surface area contributed by atoms with Gasteiger partial charge in [-0.3, -0.25) is 19.6 Å². The van der Waals surface area contributed by atoms with Gasteiger partial charge < -0.3 is 20.7 Å². The van der Waals surface area contributed by atoms with E-state index < -0.39 is 34.8 Å². The predicted molar refractivity (Wildman–Crippen MR) is 140 cm³/mol. The number of carbonyl (C=O) groups excluding carboxylic acids is 2. The summed E-state index contributed by atoms with van der Waals surface area (Å²) in [4.78, 5) is 37.5. The van der Waals surface area contributed by atoms with Crippen LogP contribution in [-0.2, 0) is 22.3 Å². The third kappa shape index (κ3) is 6.72. The maximum atomic E-state index is 14.8. The quantitative estimate of drug-likeness (QED) is 0.254. The molecule has 1 unspecified atom stereocenters. The third-order valence-corrected chi connectivity index (χ3v) is 6.34. The number of carbonyl (C=O) groups is 2. The van der Waals surface area contributed by atoms with Crippen LogP contribution in [-0.4, -0.2) is 48.3 Å². The molecule has 14 heteroatoms. The summed E-state index contributed by atoms with van der Waals surface area (Å²) < 4.78 is 60.2. The number of rotatable bonds is 8. The van der Waals surface area contributed by atoms with Crippen LogP contribution in [0.25, 0.3) is 0 Å². The normalized spacial score (nSPS) is 17.1. The zero-order chi connectivity index (χ0) is 28.9. The molecule has 1 saturated heterocycles. The molecule has 0 bridgehead atoms. The summed E-state index contributed by atoms with van der Waals surface area (Å²) in [5.74, 6) is -2.01. The van der Waals surface area contributed by atoms with Gasteiger partial charge in [0, 0.05) is 43.4 Å². The van der Waals surface area contributed by atoms with Crippen LogP contribution in [0.15, 0.2) is 53.9 Å². The van der Waals surface area contributed by atoms with E-state index in [1.54, 1.807) is 13.1 Å². The minimum Gasteiger partial charge on any atom is -0.387 e. The van der Waals surface area contributed by atoms with Crippen LogP contribution in [0, 0.1) is 11.2 Å². The van der Waals surface area contributed by atoms with Gasteiger partial charge in [-0.1, -0.05) is 11.6 Å². The van der Waals surface area contributed by atoms with Crippen LogP contribution >= 0.6 is 11.6 Å². The van der Waals surface area contributed by atoms with Crippen LogP contribution in [0.5, 0.6) is 0 Å². The van der Waals surface area contributed by atoms with Gasteiger partial charge in [0.25, 0.3) is 5.91 Å². The molecule has 3 heterocycles. The van der Waals surface area contributed by atoms with E-state index in [0.29, 0.717) is 5.69 Å². The number of hydrogen-bond acceptors (Lipinski definition) is 7. The average Bonchev–Trinajstić information content (AvgIpc) is 3.42. The van der Waals surface area contributed by atoms with Gasteiger partial charge in [-0.25, -0.2) is 9.38 Å². The minimum absolute atomic E-state index is 0.0359. The number of halogens is 5. The summed E-state index contributed by atoms with van der Waals surface area (Å²) >= 11 is 5.69. The molecule has 3 aromatic rings. The van der Waals surface area contributed by atoms with Crippen molar-refractivity contribution in [3.05, 3.63) is 76.6 Å². The van der Waals surface area contributed by atoms with E-state index in [9.17, 15) is 27.2 Å². The van der Waals surface area contributed by atoms with Crippen molar-refractivity contribution in [3.63, 3.8) is 0 Å². The summed E-state index contributed by atoms with van der Waals surface area (Å²) in [6.07, 6.45) is 0.804. The summed E-state index contributed by atoms with van der Waals surface area (Å²) in [6, 6.07) is 5.68. The van der Waals surface area contributed by atoms with E-state index in [2.05, 4.69) is 30.9 Å². The van der Waals surface area contributed by atoms with Gasteiger partial charge >= 0.3 is 6.18 Å². The lowest BCUT2D eigenvalue weighted by molar-refractivity contribution is -0.137. The molecule has 0 radical (unpaired) electrons. The SMILES string of the molecule is CNc1cncc(C(=O)N=CC2(C(=O)NCc3ncc(Nc4ccc(Cl)cc4C(F)(F)F)cc3F)CCOC2)c1. The van der Waals surface area contributed by atoms with Crippen LogP contribution < -0.4 is 16.0 Å². The topological polar surface area (TPSA) is 118 Å². The standard InChI is InChI=1S/C26H23ClF4N6O3/c1-32-17-6-15(9-33-10-17)23(38)36-13-25(4-5-40-14-25)24(39)35-12-22-20(28)8-18(11-34-22)37-21-3-2-16(27)7-19(21)26(29,30)31/h2-3,6-11,13,32,37H,4-5,12,14H2,1H3,(H,35,39). The lowest BCUT2D eigenvalue weighted by atomic mass is 9.87. The highest BCUT2D eigenvalue weighted by Crippen LogP contribution is 2.37. The van der Waals surface area contributed by atoms with E-state index in [1.807, 2.05) is 0 Å². The highest BCUT2D eigenvalue weighted by atomic mass is 35.5. The molecule has 1 aliphatic rings. The summed E-state index contributed by atoms with van der Waals surface area (Å²) in [5, 5.41) is 7.84. The van der Waals surface area contributed by atoms with E-state index in [-0.39, 0.29) is 53.8 Å². The number of nitrogens with zero attached hydrogens (tertiary/aromatic N) is 3. The van der Waals surface area contributed by atoms with E-state index in [1.165, 1.54) is 24.7 Å². The molecular formula is C26H23ClF4N6O3. The Hall–Kier alpha value is -4.10. The highest BCUT2D eigenvalue weighted by molar-refractivity contribution is 6.30. The van der Waals surface area contributed by atoms with E-state index >= 15 is 0 Å². The molecule has 210 valence electrons. The number of alkyl halides is 3. The number of nitrogens with one attached hydrogen (secondary N) is 3. The smallest absolute Gasteiger partial charge is 0.387 e. The zero-order valence-corrected chi connectivity index (χ0v) is 21.7. The van der Waals surface area contributed by atoms with Crippen molar-refractivity contribution in [1.29, 1.82) is 0 Å². The van der Waals surface area contributed by atoms with Crippen LogP contribution in [0.3, 0.4) is 0 Å². The van der Waals surface area contributed by atoms with Gasteiger partial charge in [-0.15, -0.1) is 0 Å². The van der Waals surface area contributed by atoms with Crippen molar-refractivity contribution in [2.45, 2.75) is 19.1 Å². The molecule has 2 amide bonds. The third-order valence-electron chi connectivity index (χ3n) is 6.11. The lowest BCUT2D eigenvalue weighted by Crippen LogP contribution is -2.43. The van der Waals surface area contributed by atoms with Crippen molar-refractivity contribution in [3.8, 4) is 0 Å². The van der Waals surface area contributed by atoms with Crippen molar-refractivity contribution in [2.24, 2.45) is 10.4 Å². The molecule has 9 nitrogen and oxygen atoms in total. The second-order valence-electron chi connectivity index (χ2n) is 8.88. The van der Waals surface area contributed by atoms with E-state index in [4.69, 9.17) is 16.3 Å². The fraction of sp³-hybridized carbons (Fsp3) is 0.269. The highest BCUT2D eigenvalue weighted by Gasteiger charge is 2.41. The van der Waals surface area contributed by atoms with Crippen molar-refractivity contribution >= 4 is 46.7 Å². The Balaban J connectivity index is 1.44. The number of benzene rings is 1. The zero-order valence-electron chi connectivity index (χ0n) is 21.0. The molecule has 2 aromatic heterocycles. The van der Waals surface area contributed by atoms with Gasteiger partial charge in [-0.05, 0) is 30.7 Å².